The summed E-state index contributed by atoms with van der Waals surface area (Å²) in [5.41, 5.74) is -0.388. The van der Waals surface area contributed by atoms with E-state index in [0.29, 0.717) is 24.0 Å². The Morgan fingerprint density at radius 1 is 1.24 bits per heavy atom. The summed E-state index contributed by atoms with van der Waals surface area (Å²) in [5.74, 6) is -0.355. The lowest BCUT2D eigenvalue weighted by Gasteiger charge is -2.37. The highest BCUT2D eigenvalue weighted by Gasteiger charge is 2.65. The van der Waals surface area contributed by atoms with Crippen LogP contribution in [0.15, 0.2) is 24.3 Å². The number of carbonyl (C=O) groups is 2. The first-order valence-electron chi connectivity index (χ1n) is 9.53. The zero-order valence-electron chi connectivity index (χ0n) is 17.2. The van der Waals surface area contributed by atoms with E-state index in [1.807, 2.05) is 19.9 Å². The minimum atomic E-state index is -3.99. The number of rotatable bonds is 7. The van der Waals surface area contributed by atoms with Gasteiger partial charge in [-0.3, -0.25) is 9.59 Å². The van der Waals surface area contributed by atoms with Crippen LogP contribution in [0.1, 0.15) is 49.0 Å². The van der Waals surface area contributed by atoms with E-state index >= 15 is 0 Å². The summed E-state index contributed by atoms with van der Waals surface area (Å²) in [4.78, 5) is 25.2. The monoisotopic (exact) mass is 437 g/mol. The molecule has 0 heterocycles. The van der Waals surface area contributed by atoms with Crippen LogP contribution in [0.2, 0.25) is 0 Å². The molecular weight excluding hydrogens is 410 g/mol. The highest BCUT2D eigenvalue weighted by molar-refractivity contribution is 8.32. The number of hydrogen-bond acceptors (Lipinski definition) is 6. The first-order chi connectivity index (χ1) is 13.3. The van der Waals surface area contributed by atoms with Crippen molar-refractivity contribution in [3.05, 3.63) is 35.4 Å². The van der Waals surface area contributed by atoms with E-state index in [-0.39, 0.29) is 34.4 Å². The van der Waals surface area contributed by atoms with Crippen molar-refractivity contribution in [3.63, 3.8) is 0 Å². The molecule has 0 aromatic heterocycles. The number of benzene rings is 1. The second-order valence-electron chi connectivity index (χ2n) is 9.13. The van der Waals surface area contributed by atoms with Crippen molar-refractivity contribution in [1.29, 1.82) is 5.26 Å². The lowest BCUT2D eigenvalue weighted by atomic mass is 9.70. The molecular formula is C21H27NO5S2. The highest BCUT2D eigenvalue weighted by atomic mass is 32.3. The van der Waals surface area contributed by atoms with Crippen LogP contribution in [0, 0.1) is 28.1 Å². The van der Waals surface area contributed by atoms with Gasteiger partial charge in [-0.25, -0.2) is 3.63 Å². The van der Waals surface area contributed by atoms with Crippen LogP contribution >= 0.6 is 10.3 Å². The minimum absolute atomic E-state index is 0.0207. The van der Waals surface area contributed by atoms with Crippen LogP contribution < -0.4 is 0 Å². The molecule has 2 bridgehead atoms. The van der Waals surface area contributed by atoms with E-state index in [1.54, 1.807) is 36.8 Å². The van der Waals surface area contributed by atoms with Crippen LogP contribution in [0.4, 0.5) is 0 Å². The molecule has 2 saturated carbocycles. The molecule has 0 aliphatic heterocycles. The molecule has 0 saturated heterocycles. The normalized spacial score (nSPS) is 26.3. The van der Waals surface area contributed by atoms with Crippen LogP contribution in [0.5, 0.6) is 0 Å². The van der Waals surface area contributed by atoms with E-state index in [4.69, 9.17) is 8.89 Å². The van der Waals surface area contributed by atoms with Gasteiger partial charge in [-0.15, -0.1) is 10.3 Å². The smallest absolute Gasteiger partial charge is 0.277 e. The van der Waals surface area contributed by atoms with Crippen molar-refractivity contribution < 1.29 is 21.6 Å². The van der Waals surface area contributed by atoms with Crippen molar-refractivity contribution in [1.82, 2.24) is 0 Å². The SMILES string of the molecule is CC1(C)C2CCC1(CS(=O)(=O)OS(C)(C)CC(=O)c1ccc(C#N)cc1)C(=O)C2. The van der Waals surface area contributed by atoms with E-state index in [9.17, 15) is 18.0 Å². The fourth-order valence-corrected chi connectivity index (χ4v) is 9.58. The zero-order valence-corrected chi connectivity index (χ0v) is 18.9. The van der Waals surface area contributed by atoms with Gasteiger partial charge in [0, 0.05) is 12.0 Å². The third-order valence-electron chi connectivity index (χ3n) is 6.66. The summed E-state index contributed by atoms with van der Waals surface area (Å²) in [6.45, 7) is 3.97. The highest BCUT2D eigenvalue weighted by Crippen LogP contribution is 2.64. The van der Waals surface area contributed by atoms with Gasteiger partial charge in [-0.2, -0.15) is 13.7 Å². The topological polar surface area (TPSA) is 101 Å². The van der Waals surface area contributed by atoms with Gasteiger partial charge in [0.2, 0.25) is 0 Å². The predicted molar refractivity (Wildman–Crippen MR) is 113 cm³/mol. The lowest BCUT2D eigenvalue weighted by Crippen LogP contribution is -2.42. The van der Waals surface area contributed by atoms with Gasteiger partial charge in [-0.1, -0.05) is 26.0 Å². The molecule has 0 N–H and O–H groups in total. The van der Waals surface area contributed by atoms with Gasteiger partial charge in [-0.05, 0) is 48.8 Å². The average molecular weight is 438 g/mol. The number of nitriles is 1. The van der Waals surface area contributed by atoms with E-state index in [0.717, 1.165) is 6.42 Å². The fourth-order valence-electron chi connectivity index (χ4n) is 4.87. The number of carbonyl (C=O) groups excluding carboxylic acids is 2. The third kappa shape index (κ3) is 4.00. The Kier molecular flexibility index (Phi) is 5.48. The number of Topliss-reactive ketones (excluding diaryl/α,β-unsaturated/α-hetero) is 2. The number of fused-ring (bicyclic) bond motifs is 2. The van der Waals surface area contributed by atoms with Crippen molar-refractivity contribution >= 4 is 32.0 Å². The van der Waals surface area contributed by atoms with Crippen LogP contribution in [0.25, 0.3) is 0 Å². The summed E-state index contributed by atoms with van der Waals surface area (Å²) >= 11 is 0. The summed E-state index contributed by atoms with van der Waals surface area (Å²) < 4.78 is 31.4. The molecule has 1 aromatic carbocycles. The fraction of sp³-hybridized carbons (Fsp3) is 0.571. The van der Waals surface area contributed by atoms with Gasteiger partial charge in [0.25, 0.3) is 10.1 Å². The van der Waals surface area contributed by atoms with E-state index in [1.165, 1.54) is 0 Å². The Morgan fingerprint density at radius 3 is 2.34 bits per heavy atom. The minimum Gasteiger partial charge on any atom is -0.299 e. The Balaban J connectivity index is 1.72. The molecule has 6 nitrogen and oxygen atoms in total. The maximum absolute atomic E-state index is 12.9. The molecule has 0 radical (unpaired) electrons. The van der Waals surface area contributed by atoms with E-state index < -0.39 is 25.8 Å². The summed E-state index contributed by atoms with van der Waals surface area (Å²) in [6.07, 6.45) is 5.16. The van der Waals surface area contributed by atoms with Crippen molar-refractivity contribution in [3.8, 4) is 6.07 Å². The van der Waals surface area contributed by atoms with Crippen molar-refractivity contribution in [2.24, 2.45) is 16.7 Å². The molecule has 0 amide bonds. The molecule has 3 rings (SSSR count). The quantitative estimate of drug-likeness (QED) is 0.606. The molecule has 8 heteroatoms. The second kappa shape index (κ2) is 7.22. The summed E-state index contributed by atoms with van der Waals surface area (Å²) in [5, 5.41) is 8.86. The molecule has 2 fully saturated rings. The van der Waals surface area contributed by atoms with Gasteiger partial charge < -0.3 is 0 Å². The number of hydrogen-bond donors (Lipinski definition) is 0. The Morgan fingerprint density at radius 2 is 1.86 bits per heavy atom. The maximum Gasteiger partial charge on any atom is 0.277 e. The molecule has 0 spiro atoms. The van der Waals surface area contributed by atoms with Gasteiger partial charge in [0.05, 0.1) is 28.6 Å². The number of ketones is 2. The Bertz CT molecular complexity index is 989. The van der Waals surface area contributed by atoms with Crippen LogP contribution in [-0.2, 0) is 18.5 Å². The standard InChI is InChI=1S/C21H27NO5S2/c1-20(2)17-9-10-21(20,19(24)11-17)14-29(25,26)27-28(3,4)13-18(23)16-7-5-15(12-22)6-8-16/h5-8,17H,9-11,13-14H2,1-4H3. The molecule has 29 heavy (non-hydrogen) atoms. The molecule has 158 valence electrons. The predicted octanol–water partition coefficient (Wildman–Crippen LogP) is 3.46. The molecule has 2 atom stereocenters. The van der Waals surface area contributed by atoms with Gasteiger partial charge in [0.15, 0.2) is 5.78 Å². The van der Waals surface area contributed by atoms with E-state index in [2.05, 4.69) is 0 Å². The molecule has 2 unspecified atom stereocenters. The first kappa shape index (κ1) is 22.0. The van der Waals surface area contributed by atoms with Crippen LogP contribution in [0.3, 0.4) is 0 Å². The summed E-state index contributed by atoms with van der Waals surface area (Å²) in [6, 6.07) is 8.21. The molecule has 2 aliphatic carbocycles. The first-order valence-corrected chi connectivity index (χ1v) is 13.7. The Labute approximate surface area is 174 Å². The largest absolute Gasteiger partial charge is 0.299 e. The lowest BCUT2D eigenvalue weighted by molar-refractivity contribution is -0.128. The van der Waals surface area contributed by atoms with Gasteiger partial charge in [0.1, 0.15) is 5.78 Å². The maximum atomic E-state index is 12.9. The Hall–Kier alpha value is -1.69. The van der Waals surface area contributed by atoms with Crippen molar-refractivity contribution in [2.45, 2.75) is 33.1 Å². The zero-order chi connectivity index (χ0) is 21.7. The van der Waals surface area contributed by atoms with Gasteiger partial charge >= 0.3 is 0 Å². The third-order valence-corrected chi connectivity index (χ3v) is 10.8. The molecule has 1 aromatic rings. The average Bonchev–Trinajstić information content (AvgIpc) is 2.94. The second-order valence-corrected chi connectivity index (χ2v) is 14.2. The molecule has 2 aliphatic rings. The van der Waals surface area contributed by atoms with Crippen LogP contribution in [-0.4, -0.2) is 44.0 Å². The number of nitrogens with zero attached hydrogens (tertiary/aromatic N) is 1. The summed E-state index contributed by atoms with van der Waals surface area (Å²) in [7, 11) is -6.22. The van der Waals surface area contributed by atoms with Crippen molar-refractivity contribution in [2.75, 3.05) is 24.0 Å².